The molecule has 98 valence electrons. The molecule has 0 aromatic rings. The number of amides is 1. The van der Waals surface area contributed by atoms with Crippen LogP contribution in [0.25, 0.3) is 0 Å². The molecule has 0 spiro atoms. The topological polar surface area (TPSA) is 77.8 Å². The van der Waals surface area contributed by atoms with E-state index in [-0.39, 0.29) is 18.2 Å². The van der Waals surface area contributed by atoms with Crippen LogP contribution in [0.5, 0.6) is 0 Å². The van der Waals surface area contributed by atoms with Crippen LogP contribution >= 0.6 is 0 Å². The van der Waals surface area contributed by atoms with Gasteiger partial charge in [-0.05, 0) is 25.2 Å². The second-order valence-electron chi connectivity index (χ2n) is 4.95. The van der Waals surface area contributed by atoms with Crippen molar-refractivity contribution in [3.63, 3.8) is 0 Å². The first-order valence-corrected chi connectivity index (χ1v) is 6.13. The first-order chi connectivity index (χ1) is 7.93. The van der Waals surface area contributed by atoms with Crippen LogP contribution in [-0.4, -0.2) is 45.7 Å². The number of aliphatic carboxylic acids is 1. The van der Waals surface area contributed by atoms with Crippen LogP contribution in [-0.2, 0) is 9.59 Å². The molecule has 1 amide bonds. The van der Waals surface area contributed by atoms with Gasteiger partial charge in [0, 0.05) is 6.54 Å². The Hall–Kier alpha value is -1.10. The second kappa shape index (κ2) is 6.00. The third-order valence-electron chi connectivity index (χ3n) is 3.26. The fourth-order valence-electron chi connectivity index (χ4n) is 2.02. The molecule has 1 aliphatic rings. The van der Waals surface area contributed by atoms with E-state index >= 15 is 0 Å². The minimum absolute atomic E-state index is 0.00650. The highest BCUT2D eigenvalue weighted by atomic mass is 16.4. The molecule has 0 aromatic heterocycles. The lowest BCUT2D eigenvalue weighted by atomic mass is 9.99. The van der Waals surface area contributed by atoms with Crippen molar-refractivity contribution in [3.05, 3.63) is 0 Å². The molecule has 1 aliphatic heterocycles. The summed E-state index contributed by atoms with van der Waals surface area (Å²) in [6.45, 7) is 4.16. The predicted octanol–water partition coefficient (Wildman–Crippen LogP) is 0.859. The summed E-state index contributed by atoms with van der Waals surface area (Å²) in [4.78, 5) is 24.4. The minimum Gasteiger partial charge on any atom is -0.480 e. The standard InChI is InChI=1S/C12H21NO4/c1-8(2)10(14)7-11(15)13-6-4-3-5-9(13)12(16)17/h8-10,14H,3-7H2,1-2H3,(H,16,17). The molecular weight excluding hydrogens is 222 g/mol. The summed E-state index contributed by atoms with van der Waals surface area (Å²) in [6, 6.07) is -0.712. The summed E-state index contributed by atoms with van der Waals surface area (Å²) in [5.74, 6) is -1.19. The maximum Gasteiger partial charge on any atom is 0.326 e. The van der Waals surface area contributed by atoms with Gasteiger partial charge in [0.15, 0.2) is 0 Å². The molecule has 1 saturated heterocycles. The highest BCUT2D eigenvalue weighted by molar-refractivity contribution is 5.84. The molecule has 5 heteroatoms. The molecule has 0 bridgehead atoms. The number of carboxylic acid groups (broad SMARTS) is 1. The van der Waals surface area contributed by atoms with Gasteiger partial charge in [-0.25, -0.2) is 4.79 Å². The van der Waals surface area contributed by atoms with Gasteiger partial charge in [-0.1, -0.05) is 13.8 Å². The van der Waals surface area contributed by atoms with E-state index in [0.29, 0.717) is 13.0 Å². The summed E-state index contributed by atoms with van der Waals surface area (Å²) < 4.78 is 0. The SMILES string of the molecule is CC(C)C(O)CC(=O)N1CCCCC1C(=O)O. The molecule has 17 heavy (non-hydrogen) atoms. The molecule has 1 heterocycles. The zero-order chi connectivity index (χ0) is 13.0. The largest absolute Gasteiger partial charge is 0.480 e. The van der Waals surface area contributed by atoms with Crippen molar-refractivity contribution in [3.8, 4) is 0 Å². The lowest BCUT2D eigenvalue weighted by molar-refractivity contribution is -0.153. The lowest BCUT2D eigenvalue weighted by Crippen LogP contribution is -2.48. The fraction of sp³-hybridized carbons (Fsp3) is 0.833. The molecule has 1 fully saturated rings. The van der Waals surface area contributed by atoms with Gasteiger partial charge in [0.25, 0.3) is 0 Å². The zero-order valence-electron chi connectivity index (χ0n) is 10.4. The molecule has 0 saturated carbocycles. The Kier molecular flexibility index (Phi) is 4.93. The molecule has 2 N–H and O–H groups in total. The number of likely N-dealkylation sites (tertiary alicyclic amines) is 1. The summed E-state index contributed by atoms with van der Waals surface area (Å²) >= 11 is 0. The third-order valence-corrected chi connectivity index (χ3v) is 3.26. The summed E-state index contributed by atoms with van der Waals surface area (Å²) in [7, 11) is 0. The van der Waals surface area contributed by atoms with E-state index in [1.807, 2.05) is 13.8 Å². The normalized spacial score (nSPS) is 22.6. The number of hydrogen-bond donors (Lipinski definition) is 2. The maximum absolute atomic E-state index is 11.9. The number of piperidine rings is 1. The monoisotopic (exact) mass is 243 g/mol. The van der Waals surface area contributed by atoms with E-state index in [0.717, 1.165) is 12.8 Å². The Morgan fingerprint density at radius 2 is 2.00 bits per heavy atom. The smallest absolute Gasteiger partial charge is 0.326 e. The van der Waals surface area contributed by atoms with Gasteiger partial charge < -0.3 is 15.1 Å². The summed E-state index contributed by atoms with van der Waals surface area (Å²) in [5.41, 5.74) is 0. The minimum atomic E-state index is -0.947. The van der Waals surface area contributed by atoms with Gasteiger partial charge in [0.2, 0.25) is 5.91 Å². The number of aliphatic hydroxyl groups is 1. The Labute approximate surface area is 101 Å². The van der Waals surface area contributed by atoms with E-state index < -0.39 is 18.1 Å². The van der Waals surface area contributed by atoms with Crippen LogP contribution in [0.2, 0.25) is 0 Å². The van der Waals surface area contributed by atoms with Crippen molar-refractivity contribution in [2.75, 3.05) is 6.54 Å². The van der Waals surface area contributed by atoms with Crippen LogP contribution in [0, 0.1) is 5.92 Å². The van der Waals surface area contributed by atoms with E-state index in [9.17, 15) is 14.7 Å². The molecule has 2 atom stereocenters. The first-order valence-electron chi connectivity index (χ1n) is 6.13. The fourth-order valence-corrected chi connectivity index (χ4v) is 2.02. The summed E-state index contributed by atoms with van der Waals surface area (Å²) in [5, 5.41) is 18.7. The molecule has 0 aliphatic carbocycles. The maximum atomic E-state index is 11.9. The number of carboxylic acids is 1. The van der Waals surface area contributed by atoms with Crippen molar-refractivity contribution in [1.82, 2.24) is 4.90 Å². The number of carbonyl (C=O) groups excluding carboxylic acids is 1. The third kappa shape index (κ3) is 3.70. The van der Waals surface area contributed by atoms with Crippen LogP contribution in [0.3, 0.4) is 0 Å². The van der Waals surface area contributed by atoms with Crippen LogP contribution in [0.1, 0.15) is 39.5 Å². The van der Waals surface area contributed by atoms with E-state index in [2.05, 4.69) is 0 Å². The van der Waals surface area contributed by atoms with Gasteiger partial charge in [-0.3, -0.25) is 4.79 Å². The van der Waals surface area contributed by atoms with Gasteiger partial charge in [-0.15, -0.1) is 0 Å². The van der Waals surface area contributed by atoms with Crippen LogP contribution < -0.4 is 0 Å². The van der Waals surface area contributed by atoms with E-state index in [4.69, 9.17) is 5.11 Å². The highest BCUT2D eigenvalue weighted by Crippen LogP contribution is 2.19. The average molecular weight is 243 g/mol. The summed E-state index contributed by atoms with van der Waals surface area (Å²) in [6.07, 6.45) is 1.51. The van der Waals surface area contributed by atoms with Gasteiger partial charge in [0.1, 0.15) is 6.04 Å². The van der Waals surface area contributed by atoms with E-state index in [1.165, 1.54) is 4.90 Å². The Bertz CT molecular complexity index is 290. The quantitative estimate of drug-likeness (QED) is 0.767. The number of rotatable bonds is 4. The van der Waals surface area contributed by atoms with Crippen LogP contribution in [0.15, 0.2) is 0 Å². The number of nitrogens with zero attached hydrogens (tertiary/aromatic N) is 1. The zero-order valence-corrected chi connectivity index (χ0v) is 10.4. The Morgan fingerprint density at radius 1 is 1.35 bits per heavy atom. The van der Waals surface area contributed by atoms with Crippen molar-refractivity contribution >= 4 is 11.9 Å². The second-order valence-corrected chi connectivity index (χ2v) is 4.95. The Morgan fingerprint density at radius 3 is 2.53 bits per heavy atom. The van der Waals surface area contributed by atoms with Crippen molar-refractivity contribution in [2.45, 2.75) is 51.7 Å². The highest BCUT2D eigenvalue weighted by Gasteiger charge is 2.32. The van der Waals surface area contributed by atoms with Gasteiger partial charge >= 0.3 is 5.97 Å². The number of carbonyl (C=O) groups is 2. The first kappa shape index (κ1) is 14.0. The molecular formula is C12H21NO4. The average Bonchev–Trinajstić information content (AvgIpc) is 2.28. The molecule has 2 unspecified atom stereocenters. The molecule has 0 radical (unpaired) electrons. The van der Waals surface area contributed by atoms with Crippen molar-refractivity contribution < 1.29 is 19.8 Å². The molecule has 0 aromatic carbocycles. The van der Waals surface area contributed by atoms with E-state index in [1.54, 1.807) is 0 Å². The van der Waals surface area contributed by atoms with Gasteiger partial charge in [0.05, 0.1) is 12.5 Å². The Balaban J connectivity index is 2.62. The predicted molar refractivity (Wildman–Crippen MR) is 62.4 cm³/mol. The molecule has 5 nitrogen and oxygen atoms in total. The number of hydrogen-bond acceptors (Lipinski definition) is 3. The number of aliphatic hydroxyl groups excluding tert-OH is 1. The van der Waals surface area contributed by atoms with Crippen molar-refractivity contribution in [2.24, 2.45) is 5.92 Å². The molecule has 1 rings (SSSR count). The van der Waals surface area contributed by atoms with Gasteiger partial charge in [-0.2, -0.15) is 0 Å². The van der Waals surface area contributed by atoms with Crippen molar-refractivity contribution in [1.29, 1.82) is 0 Å². The van der Waals surface area contributed by atoms with Crippen LogP contribution in [0.4, 0.5) is 0 Å². The lowest BCUT2D eigenvalue weighted by Gasteiger charge is -2.33.